The SMILES string of the molecule is CC(C)(C)c1cc(CC2CCCCC2)cc(C(C)(C)C)c1O.CC(C)(C)c1cc(CC2CCCCC2)cc(C(C)(C)C)c1O.O=PO.O=PO.[Ni+2]. The van der Waals surface area contributed by atoms with Crippen LogP contribution in [0.1, 0.15) is 181 Å². The Morgan fingerprint density at radius 1 is 0.490 bits per heavy atom. The van der Waals surface area contributed by atoms with Gasteiger partial charge in [0.1, 0.15) is 11.5 Å². The summed E-state index contributed by atoms with van der Waals surface area (Å²) in [5.41, 5.74) is 7.16. The van der Waals surface area contributed by atoms with Crippen LogP contribution in [0.3, 0.4) is 0 Å². The Hall–Kier alpha value is -1.35. The van der Waals surface area contributed by atoms with E-state index in [0.717, 1.165) is 34.1 Å². The van der Waals surface area contributed by atoms with Crippen molar-refractivity contribution in [1.29, 1.82) is 0 Å². The Balaban J connectivity index is 0.000000835. The van der Waals surface area contributed by atoms with Gasteiger partial charge < -0.3 is 20.0 Å². The van der Waals surface area contributed by atoms with Crippen LogP contribution in [0.4, 0.5) is 0 Å². The van der Waals surface area contributed by atoms with Gasteiger partial charge in [-0.3, -0.25) is 0 Å². The second-order valence-corrected chi connectivity index (χ2v) is 19.0. The summed E-state index contributed by atoms with van der Waals surface area (Å²) < 4.78 is 16.9. The number of rotatable bonds is 4. The van der Waals surface area contributed by atoms with E-state index >= 15 is 0 Å². The minimum atomic E-state index is -0.833. The second-order valence-electron chi connectivity index (χ2n) is 18.7. The van der Waals surface area contributed by atoms with Gasteiger partial charge in [-0.15, -0.1) is 0 Å². The zero-order valence-corrected chi connectivity index (χ0v) is 36.5. The van der Waals surface area contributed by atoms with Gasteiger partial charge in [-0.1, -0.05) is 172 Å². The number of hydrogen-bond donors (Lipinski definition) is 4. The second kappa shape index (κ2) is 22.1. The molecule has 4 rings (SSSR count). The van der Waals surface area contributed by atoms with Crippen molar-refractivity contribution in [2.75, 3.05) is 0 Å². The fourth-order valence-corrected chi connectivity index (χ4v) is 7.36. The molecule has 0 atom stereocenters. The fourth-order valence-electron chi connectivity index (χ4n) is 7.36. The number of hydrogen-bond acceptors (Lipinski definition) is 4. The molecule has 0 bridgehead atoms. The summed E-state index contributed by atoms with van der Waals surface area (Å²) in [4.78, 5) is 14.0. The Kier molecular flexibility index (Phi) is 21.5. The summed E-state index contributed by atoms with van der Waals surface area (Å²) in [6.45, 7) is 26.3. The van der Waals surface area contributed by atoms with Crippen molar-refractivity contribution in [2.45, 2.75) is 182 Å². The topological polar surface area (TPSA) is 115 Å². The molecule has 9 heteroatoms. The zero-order chi connectivity index (χ0) is 38.5. The van der Waals surface area contributed by atoms with Crippen molar-refractivity contribution in [3.05, 3.63) is 57.6 Å². The minimum absolute atomic E-state index is 0. The minimum Gasteiger partial charge on any atom is -0.507 e. The first-order valence-corrected chi connectivity index (χ1v) is 20.2. The molecule has 292 valence electrons. The molecule has 0 heterocycles. The van der Waals surface area contributed by atoms with Gasteiger partial charge in [-0.05, 0) is 79.7 Å². The van der Waals surface area contributed by atoms with E-state index in [0.29, 0.717) is 11.5 Å². The van der Waals surface area contributed by atoms with Gasteiger partial charge in [-0.2, -0.15) is 0 Å². The van der Waals surface area contributed by atoms with Gasteiger partial charge in [0.15, 0.2) is 0 Å². The molecule has 0 amide bonds. The van der Waals surface area contributed by atoms with E-state index in [4.69, 9.17) is 18.9 Å². The van der Waals surface area contributed by atoms with Gasteiger partial charge in [0.05, 0.1) is 0 Å². The van der Waals surface area contributed by atoms with E-state index in [1.807, 2.05) is 0 Å². The first-order valence-electron chi connectivity index (χ1n) is 18.7. The molecule has 51 heavy (non-hydrogen) atoms. The monoisotopic (exact) mass is 790 g/mol. The summed E-state index contributed by atoms with van der Waals surface area (Å²) in [5, 5.41) is 21.6. The van der Waals surface area contributed by atoms with Crippen molar-refractivity contribution in [1.82, 2.24) is 0 Å². The summed E-state index contributed by atoms with van der Waals surface area (Å²) in [6.07, 6.45) is 16.2. The first kappa shape index (κ1) is 49.7. The molecule has 0 aliphatic heterocycles. The molecule has 0 spiro atoms. The fraction of sp³-hybridized carbons (Fsp3) is 0.714. The summed E-state index contributed by atoms with van der Waals surface area (Å²) in [6, 6.07) is 9.05. The van der Waals surface area contributed by atoms with Gasteiger partial charge in [-0.25, -0.2) is 9.13 Å². The normalized spacial score (nSPS) is 16.1. The van der Waals surface area contributed by atoms with Crippen LogP contribution >= 0.6 is 17.4 Å². The van der Waals surface area contributed by atoms with Crippen LogP contribution < -0.4 is 0 Å². The maximum atomic E-state index is 10.8. The molecule has 2 aromatic rings. The van der Waals surface area contributed by atoms with Gasteiger partial charge in [0, 0.05) is 0 Å². The Bertz CT molecular complexity index is 1160. The third kappa shape index (κ3) is 17.1. The summed E-state index contributed by atoms with van der Waals surface area (Å²) >= 11 is 0. The summed E-state index contributed by atoms with van der Waals surface area (Å²) in [7, 11) is -1.67. The van der Waals surface area contributed by atoms with Crippen LogP contribution in [-0.4, -0.2) is 20.0 Å². The standard InChI is InChI=1S/2C21H34O.Ni.2HO2P/c2*1-20(2,3)17-13-16(12-15-10-8-7-9-11-15)14-18(19(17)22)21(4,5)6;;2*1-3-2/h2*13-15,22H,7-12H2,1-6H3;;2*(H,1,2)/q;;+2;;. The van der Waals surface area contributed by atoms with Crippen molar-refractivity contribution < 1.29 is 45.6 Å². The van der Waals surface area contributed by atoms with Gasteiger partial charge >= 0.3 is 33.9 Å². The van der Waals surface area contributed by atoms with Crippen LogP contribution in [0.15, 0.2) is 24.3 Å². The Morgan fingerprint density at radius 3 is 0.863 bits per heavy atom. The van der Waals surface area contributed by atoms with E-state index in [1.165, 1.54) is 88.2 Å². The van der Waals surface area contributed by atoms with E-state index < -0.39 is 17.4 Å². The van der Waals surface area contributed by atoms with Crippen LogP contribution in [0.5, 0.6) is 11.5 Å². The molecule has 0 radical (unpaired) electrons. The van der Waals surface area contributed by atoms with Crippen molar-refractivity contribution in [3.63, 3.8) is 0 Å². The van der Waals surface area contributed by atoms with E-state index in [1.54, 1.807) is 0 Å². The number of benzene rings is 2. The molecule has 2 aliphatic rings. The average Bonchev–Trinajstić information content (AvgIpc) is 2.99. The molecule has 4 N–H and O–H groups in total. The molecule has 2 aliphatic carbocycles. The van der Waals surface area contributed by atoms with Crippen molar-refractivity contribution >= 4 is 17.4 Å². The van der Waals surface area contributed by atoms with Crippen molar-refractivity contribution in [2.24, 2.45) is 11.8 Å². The van der Waals surface area contributed by atoms with E-state index in [-0.39, 0.29) is 38.2 Å². The maximum Gasteiger partial charge on any atom is 2.00 e. The molecular weight excluding hydrogens is 721 g/mol. The van der Waals surface area contributed by atoms with Gasteiger partial charge in [0.2, 0.25) is 0 Å². The number of phenolic OH excluding ortho intramolecular Hbond substituents is 2. The molecule has 2 fully saturated rings. The Labute approximate surface area is 324 Å². The smallest absolute Gasteiger partial charge is 0.507 e. The van der Waals surface area contributed by atoms with Crippen LogP contribution in [0.25, 0.3) is 0 Å². The molecule has 0 unspecified atom stereocenters. The quantitative estimate of drug-likeness (QED) is 0.181. The third-order valence-corrected chi connectivity index (χ3v) is 10.1. The molecule has 0 aromatic heterocycles. The van der Waals surface area contributed by atoms with Crippen LogP contribution in [-0.2, 0) is 60.1 Å². The molecule has 2 aromatic carbocycles. The first-order chi connectivity index (χ1) is 23.0. The number of phenols is 2. The van der Waals surface area contributed by atoms with E-state index in [2.05, 4.69) is 107 Å². The predicted molar refractivity (Wildman–Crippen MR) is 211 cm³/mol. The molecule has 0 saturated heterocycles. The zero-order valence-electron chi connectivity index (χ0n) is 33.8. The Morgan fingerprint density at radius 2 is 0.686 bits per heavy atom. The van der Waals surface area contributed by atoms with Crippen LogP contribution in [0.2, 0.25) is 0 Å². The van der Waals surface area contributed by atoms with E-state index in [9.17, 15) is 10.2 Å². The van der Waals surface area contributed by atoms with Crippen LogP contribution in [0, 0.1) is 11.8 Å². The molecular formula is C42H70NiO6P2+2. The third-order valence-electron chi connectivity index (χ3n) is 10.1. The number of aromatic hydroxyl groups is 2. The largest absolute Gasteiger partial charge is 2.00 e. The molecule has 2 saturated carbocycles. The predicted octanol–water partition coefficient (Wildman–Crippen LogP) is 12.6. The van der Waals surface area contributed by atoms with Gasteiger partial charge in [0.25, 0.3) is 0 Å². The average molecular weight is 792 g/mol. The van der Waals surface area contributed by atoms with Crippen molar-refractivity contribution in [3.8, 4) is 11.5 Å². The maximum absolute atomic E-state index is 10.8. The summed E-state index contributed by atoms with van der Waals surface area (Å²) in [5.74, 6) is 2.68. The molecule has 6 nitrogen and oxygen atoms in total.